The zero-order chi connectivity index (χ0) is 8.10. The number of nitrogens with two attached hydrogens (primary N) is 1. The molecule has 0 aromatic rings. The molecule has 0 saturated carbocycles. The first-order chi connectivity index (χ1) is 5.33. The monoisotopic (exact) mass is 158 g/mol. The first-order valence-corrected chi connectivity index (χ1v) is 4.43. The lowest BCUT2D eigenvalue weighted by Gasteiger charge is -2.27. The van der Waals surface area contributed by atoms with Crippen LogP contribution in [0.2, 0.25) is 0 Å². The van der Waals surface area contributed by atoms with Crippen molar-refractivity contribution in [3.05, 3.63) is 0 Å². The predicted octanol–water partition coefficient (Wildman–Crippen LogP) is -0.208. The van der Waals surface area contributed by atoms with Crippen LogP contribution in [0.4, 0.5) is 0 Å². The fourth-order valence-electron chi connectivity index (χ4n) is 1.51. The molecule has 66 valence electrons. The highest BCUT2D eigenvalue weighted by Crippen LogP contribution is 2.08. The second-order valence-corrected chi connectivity index (χ2v) is 3.25. The van der Waals surface area contributed by atoms with Gasteiger partial charge in [-0.3, -0.25) is 0 Å². The van der Waals surface area contributed by atoms with E-state index in [1.807, 2.05) is 0 Å². The molecule has 1 fully saturated rings. The molecule has 3 heteroatoms. The first kappa shape index (κ1) is 8.97. The van der Waals surface area contributed by atoms with Gasteiger partial charge in [0.05, 0.1) is 6.10 Å². The van der Waals surface area contributed by atoms with Gasteiger partial charge in [0.15, 0.2) is 0 Å². The van der Waals surface area contributed by atoms with Gasteiger partial charge in [-0.15, -0.1) is 0 Å². The summed E-state index contributed by atoms with van der Waals surface area (Å²) in [6.45, 7) is 3.42. The van der Waals surface area contributed by atoms with Crippen molar-refractivity contribution in [3.63, 3.8) is 0 Å². The second kappa shape index (κ2) is 4.70. The highest BCUT2D eigenvalue weighted by molar-refractivity contribution is 4.68. The molecule has 1 heterocycles. The Labute approximate surface area is 68.2 Å². The molecule has 1 aliphatic rings. The van der Waals surface area contributed by atoms with Gasteiger partial charge in [-0.1, -0.05) is 6.42 Å². The highest BCUT2D eigenvalue weighted by atomic mass is 16.3. The molecule has 1 saturated heterocycles. The predicted molar refractivity (Wildman–Crippen MR) is 45.4 cm³/mol. The number of β-amino-alcohol motifs (C(OH)–C–C–N with tert-alkyl or cyclic N) is 1. The van der Waals surface area contributed by atoms with Crippen molar-refractivity contribution in [1.82, 2.24) is 4.90 Å². The van der Waals surface area contributed by atoms with Gasteiger partial charge in [-0.2, -0.15) is 0 Å². The van der Waals surface area contributed by atoms with Crippen molar-refractivity contribution >= 4 is 0 Å². The number of aliphatic hydroxyl groups is 1. The third-order valence-electron chi connectivity index (χ3n) is 2.19. The van der Waals surface area contributed by atoms with Gasteiger partial charge in [-0.25, -0.2) is 0 Å². The maximum absolute atomic E-state index is 9.24. The lowest BCUT2D eigenvalue weighted by molar-refractivity contribution is 0.107. The maximum Gasteiger partial charge on any atom is 0.0789 e. The van der Waals surface area contributed by atoms with E-state index in [0.29, 0.717) is 6.54 Å². The SMILES string of the molecule is NC[C@@H](O)CN1CCCCC1. The van der Waals surface area contributed by atoms with Gasteiger partial charge in [0.1, 0.15) is 0 Å². The van der Waals surface area contributed by atoms with E-state index in [9.17, 15) is 5.11 Å². The quantitative estimate of drug-likeness (QED) is 0.597. The number of aliphatic hydroxyl groups excluding tert-OH is 1. The summed E-state index contributed by atoms with van der Waals surface area (Å²) < 4.78 is 0. The first-order valence-electron chi connectivity index (χ1n) is 4.43. The van der Waals surface area contributed by atoms with Crippen molar-refractivity contribution in [2.45, 2.75) is 25.4 Å². The summed E-state index contributed by atoms with van der Waals surface area (Å²) in [5.74, 6) is 0. The molecule has 0 radical (unpaired) electrons. The van der Waals surface area contributed by atoms with E-state index in [2.05, 4.69) is 4.90 Å². The second-order valence-electron chi connectivity index (χ2n) is 3.25. The standard InChI is InChI=1S/C8H18N2O/c9-6-8(11)7-10-4-2-1-3-5-10/h8,11H,1-7,9H2/t8-/m1/s1. The molecule has 1 rings (SSSR count). The van der Waals surface area contributed by atoms with Gasteiger partial charge in [0.25, 0.3) is 0 Å². The van der Waals surface area contributed by atoms with Crippen LogP contribution in [0.25, 0.3) is 0 Å². The third kappa shape index (κ3) is 3.18. The number of hydrogen-bond donors (Lipinski definition) is 2. The van der Waals surface area contributed by atoms with Crippen LogP contribution in [0.1, 0.15) is 19.3 Å². The Morgan fingerprint density at radius 2 is 1.91 bits per heavy atom. The van der Waals surface area contributed by atoms with Crippen molar-refractivity contribution in [2.24, 2.45) is 5.73 Å². The molecule has 0 unspecified atom stereocenters. The van der Waals surface area contributed by atoms with Crippen molar-refractivity contribution in [1.29, 1.82) is 0 Å². The lowest BCUT2D eigenvalue weighted by Crippen LogP contribution is -2.39. The van der Waals surface area contributed by atoms with E-state index in [4.69, 9.17) is 5.73 Å². The average Bonchev–Trinajstić information content (AvgIpc) is 2.06. The molecular weight excluding hydrogens is 140 g/mol. The molecule has 0 bridgehead atoms. The molecule has 0 spiro atoms. The Hall–Kier alpha value is -0.120. The lowest BCUT2D eigenvalue weighted by atomic mass is 10.1. The van der Waals surface area contributed by atoms with Crippen molar-refractivity contribution < 1.29 is 5.11 Å². The smallest absolute Gasteiger partial charge is 0.0789 e. The number of likely N-dealkylation sites (tertiary alicyclic amines) is 1. The number of nitrogens with zero attached hydrogens (tertiary/aromatic N) is 1. The van der Waals surface area contributed by atoms with Gasteiger partial charge in [0, 0.05) is 13.1 Å². The van der Waals surface area contributed by atoms with Gasteiger partial charge in [0.2, 0.25) is 0 Å². The van der Waals surface area contributed by atoms with E-state index >= 15 is 0 Å². The summed E-state index contributed by atoms with van der Waals surface area (Å²) in [6.07, 6.45) is 3.57. The Kier molecular flexibility index (Phi) is 3.83. The Morgan fingerprint density at radius 1 is 1.27 bits per heavy atom. The van der Waals surface area contributed by atoms with Crippen molar-refractivity contribution in [3.8, 4) is 0 Å². The molecule has 1 atom stereocenters. The maximum atomic E-state index is 9.24. The molecule has 3 nitrogen and oxygen atoms in total. The van der Waals surface area contributed by atoms with Gasteiger partial charge >= 0.3 is 0 Å². The highest BCUT2D eigenvalue weighted by Gasteiger charge is 2.12. The van der Waals surface area contributed by atoms with Crippen LogP contribution >= 0.6 is 0 Å². The van der Waals surface area contributed by atoms with Crippen LogP contribution in [0.15, 0.2) is 0 Å². The van der Waals surface area contributed by atoms with E-state index in [-0.39, 0.29) is 6.10 Å². The molecule has 11 heavy (non-hydrogen) atoms. The number of hydrogen-bond acceptors (Lipinski definition) is 3. The summed E-state index contributed by atoms with van der Waals surface area (Å²) in [5.41, 5.74) is 5.31. The molecule has 0 aromatic carbocycles. The summed E-state index contributed by atoms with van der Waals surface area (Å²) >= 11 is 0. The average molecular weight is 158 g/mol. The minimum absolute atomic E-state index is 0.326. The summed E-state index contributed by atoms with van der Waals surface area (Å²) in [6, 6.07) is 0. The van der Waals surface area contributed by atoms with Crippen LogP contribution in [-0.4, -0.2) is 42.3 Å². The molecule has 1 aliphatic heterocycles. The van der Waals surface area contributed by atoms with E-state index in [1.165, 1.54) is 19.3 Å². The molecule has 3 N–H and O–H groups in total. The fourth-order valence-corrected chi connectivity index (χ4v) is 1.51. The third-order valence-corrected chi connectivity index (χ3v) is 2.19. The summed E-state index contributed by atoms with van der Waals surface area (Å²) in [7, 11) is 0. The van der Waals surface area contributed by atoms with Gasteiger partial charge in [-0.05, 0) is 25.9 Å². The van der Waals surface area contributed by atoms with Crippen molar-refractivity contribution in [2.75, 3.05) is 26.2 Å². The number of rotatable bonds is 3. The van der Waals surface area contributed by atoms with Crippen LogP contribution in [0.5, 0.6) is 0 Å². The molecule has 0 aliphatic carbocycles. The Bertz CT molecular complexity index is 102. The van der Waals surface area contributed by atoms with Crippen LogP contribution in [-0.2, 0) is 0 Å². The van der Waals surface area contributed by atoms with E-state index in [0.717, 1.165) is 19.6 Å². The summed E-state index contributed by atoms with van der Waals surface area (Å²) in [4.78, 5) is 2.29. The molecule has 0 aromatic heterocycles. The van der Waals surface area contributed by atoms with E-state index in [1.54, 1.807) is 0 Å². The minimum Gasteiger partial charge on any atom is -0.390 e. The zero-order valence-corrected chi connectivity index (χ0v) is 7.00. The fraction of sp³-hybridized carbons (Fsp3) is 1.00. The minimum atomic E-state index is -0.326. The van der Waals surface area contributed by atoms with Crippen LogP contribution in [0, 0.1) is 0 Å². The Morgan fingerprint density at radius 3 is 2.45 bits per heavy atom. The topological polar surface area (TPSA) is 49.5 Å². The summed E-state index contributed by atoms with van der Waals surface area (Å²) in [5, 5.41) is 9.24. The normalized spacial score (nSPS) is 23.5. The molecule has 0 amide bonds. The number of piperidine rings is 1. The zero-order valence-electron chi connectivity index (χ0n) is 7.00. The molecular formula is C8H18N2O. The largest absolute Gasteiger partial charge is 0.390 e. The van der Waals surface area contributed by atoms with Crippen LogP contribution < -0.4 is 5.73 Å². The van der Waals surface area contributed by atoms with Gasteiger partial charge < -0.3 is 15.7 Å². The Balaban J connectivity index is 2.13. The van der Waals surface area contributed by atoms with Crippen LogP contribution in [0.3, 0.4) is 0 Å². The van der Waals surface area contributed by atoms with E-state index < -0.39 is 0 Å².